The van der Waals surface area contributed by atoms with Crippen molar-refractivity contribution >= 4 is 45.0 Å². The Hall–Kier alpha value is -2.17. The fourth-order valence-corrected chi connectivity index (χ4v) is 6.34. The molecule has 2 fully saturated rings. The zero-order chi connectivity index (χ0) is 24.5. The molecule has 8 nitrogen and oxygen atoms in total. The van der Waals surface area contributed by atoms with Gasteiger partial charge in [0.1, 0.15) is 0 Å². The van der Waals surface area contributed by atoms with Crippen LogP contribution in [0.25, 0.3) is 0 Å². The lowest BCUT2D eigenvalue weighted by atomic mass is 9.92. The third-order valence-electron chi connectivity index (χ3n) is 6.26. The average Bonchev–Trinajstić information content (AvgIpc) is 3.28. The van der Waals surface area contributed by atoms with Gasteiger partial charge in [0.15, 0.2) is 6.17 Å². The first kappa shape index (κ1) is 24.9. The van der Waals surface area contributed by atoms with Crippen LogP contribution in [0.5, 0.6) is 0 Å². The second-order valence-corrected chi connectivity index (χ2v) is 11.3. The summed E-state index contributed by atoms with van der Waals surface area (Å²) in [6.07, 6.45) is 1.61. The van der Waals surface area contributed by atoms with Crippen LogP contribution in [0.3, 0.4) is 0 Å². The van der Waals surface area contributed by atoms with E-state index in [1.807, 2.05) is 0 Å². The van der Waals surface area contributed by atoms with Crippen LogP contribution < -0.4 is 11.1 Å². The zero-order valence-corrected chi connectivity index (χ0v) is 20.7. The van der Waals surface area contributed by atoms with E-state index in [1.165, 1.54) is 23.1 Å². The summed E-state index contributed by atoms with van der Waals surface area (Å²) in [4.78, 5) is 27.9. The summed E-state index contributed by atoms with van der Waals surface area (Å²) in [7, 11) is -4.15. The van der Waals surface area contributed by atoms with E-state index in [1.54, 1.807) is 30.3 Å². The van der Waals surface area contributed by atoms with Crippen LogP contribution in [-0.4, -0.2) is 60.8 Å². The van der Waals surface area contributed by atoms with Gasteiger partial charge < -0.3 is 16.0 Å². The van der Waals surface area contributed by atoms with Crippen LogP contribution in [0.1, 0.15) is 36.0 Å². The lowest BCUT2D eigenvalue weighted by Crippen LogP contribution is -2.56. The molecule has 1 unspecified atom stereocenters. The maximum absolute atomic E-state index is 13.5. The zero-order valence-electron chi connectivity index (χ0n) is 18.4. The molecule has 2 aromatic carbocycles. The molecule has 0 bridgehead atoms. The summed E-state index contributed by atoms with van der Waals surface area (Å²) in [5.74, 6) is -0.954. The number of halogens is 2. The number of nitrogens with zero attached hydrogens (tertiary/aromatic N) is 2. The fourth-order valence-electron chi connectivity index (χ4n) is 4.40. The normalized spacial score (nSPS) is 23.6. The molecule has 2 aromatic rings. The number of hydrogen-bond acceptors (Lipinski definition) is 5. The molecule has 4 rings (SSSR count). The van der Waals surface area contributed by atoms with Crippen LogP contribution >= 0.6 is 23.2 Å². The number of hydrogen-bond donors (Lipinski definition) is 2. The van der Waals surface area contributed by atoms with Gasteiger partial charge in [0.25, 0.3) is 11.8 Å². The molecule has 0 spiro atoms. The van der Waals surface area contributed by atoms with Crippen molar-refractivity contribution in [3.05, 3.63) is 64.1 Å². The van der Waals surface area contributed by atoms with Crippen LogP contribution in [0, 0.1) is 0 Å². The van der Waals surface area contributed by atoms with Gasteiger partial charge in [-0.1, -0.05) is 41.4 Å². The van der Waals surface area contributed by atoms with Gasteiger partial charge in [-0.25, -0.2) is 8.42 Å². The maximum Gasteiger partial charge on any atom is 0.259 e. The molecule has 182 valence electrons. The second-order valence-electron chi connectivity index (χ2n) is 8.55. The Morgan fingerprint density at radius 2 is 1.62 bits per heavy atom. The van der Waals surface area contributed by atoms with E-state index in [0.717, 1.165) is 17.1 Å². The van der Waals surface area contributed by atoms with Crippen molar-refractivity contribution in [1.29, 1.82) is 0 Å². The highest BCUT2D eigenvalue weighted by Gasteiger charge is 2.47. The van der Waals surface area contributed by atoms with Gasteiger partial charge in [0.2, 0.25) is 10.0 Å². The molecule has 0 aromatic heterocycles. The Morgan fingerprint density at radius 3 is 2.26 bits per heavy atom. The highest BCUT2D eigenvalue weighted by molar-refractivity contribution is 7.89. The van der Waals surface area contributed by atoms with E-state index in [4.69, 9.17) is 28.9 Å². The van der Waals surface area contributed by atoms with Gasteiger partial charge in [0.05, 0.1) is 14.9 Å². The topological polar surface area (TPSA) is 113 Å². The summed E-state index contributed by atoms with van der Waals surface area (Å²) in [6.45, 7) is 0.0384. The monoisotopic (exact) mass is 524 g/mol. The molecule has 11 heteroatoms. The molecule has 1 aliphatic heterocycles. The molecule has 2 aliphatic rings. The van der Waals surface area contributed by atoms with Crippen molar-refractivity contribution in [2.45, 2.75) is 48.8 Å². The van der Waals surface area contributed by atoms with Crippen LogP contribution in [0.2, 0.25) is 10.0 Å². The van der Waals surface area contributed by atoms with Gasteiger partial charge in [-0.2, -0.15) is 4.31 Å². The summed E-state index contributed by atoms with van der Waals surface area (Å²) < 4.78 is 28.1. The Kier molecular flexibility index (Phi) is 7.49. The molecule has 1 saturated carbocycles. The third-order valence-corrected chi connectivity index (χ3v) is 8.85. The number of amides is 2. The van der Waals surface area contributed by atoms with Gasteiger partial charge in [-0.3, -0.25) is 9.59 Å². The molecule has 1 aliphatic carbocycles. The molecule has 2 amide bonds. The Morgan fingerprint density at radius 1 is 0.941 bits per heavy atom. The molecule has 3 N–H and O–H groups in total. The lowest BCUT2D eigenvalue weighted by Gasteiger charge is -2.32. The lowest BCUT2D eigenvalue weighted by molar-refractivity contribution is -0.128. The van der Waals surface area contributed by atoms with Crippen LogP contribution in [0.4, 0.5) is 0 Å². The van der Waals surface area contributed by atoms with Crippen molar-refractivity contribution in [2.24, 2.45) is 5.73 Å². The quantitative estimate of drug-likeness (QED) is 0.624. The molecular weight excluding hydrogens is 499 g/mol. The van der Waals surface area contributed by atoms with Crippen molar-refractivity contribution in [3.8, 4) is 0 Å². The first-order chi connectivity index (χ1) is 16.2. The molecule has 1 atom stereocenters. The molecule has 0 radical (unpaired) electrons. The minimum absolute atomic E-state index is 0.0330. The summed E-state index contributed by atoms with van der Waals surface area (Å²) >= 11 is 12.0. The van der Waals surface area contributed by atoms with Crippen molar-refractivity contribution < 1.29 is 18.0 Å². The highest BCUT2D eigenvalue weighted by atomic mass is 35.5. The minimum Gasteiger partial charge on any atom is -0.350 e. The highest BCUT2D eigenvalue weighted by Crippen LogP contribution is 2.30. The maximum atomic E-state index is 13.5. The number of carbonyl (C=O) groups excluding carboxylic acids is 2. The first-order valence-electron chi connectivity index (χ1n) is 11.1. The van der Waals surface area contributed by atoms with E-state index in [0.29, 0.717) is 18.4 Å². The van der Waals surface area contributed by atoms with E-state index in [2.05, 4.69) is 5.32 Å². The predicted molar refractivity (Wildman–Crippen MR) is 130 cm³/mol. The standard InChI is InChI=1S/C23H26Cl2N4O4S/c24-19-11-10-18(14-20(19)25)34(32,33)29-13-12-28(23(31)15-4-2-1-3-5-15)22(29)21(30)27-17-8-6-16(26)7-9-17/h1-5,10-11,14,16-17,22H,6-9,12-13,26H2,(H,27,30). The molecule has 1 saturated heterocycles. The number of benzene rings is 2. The number of rotatable bonds is 5. The van der Waals surface area contributed by atoms with Crippen molar-refractivity contribution in [1.82, 2.24) is 14.5 Å². The second kappa shape index (κ2) is 10.2. The molecule has 34 heavy (non-hydrogen) atoms. The van der Waals surface area contributed by atoms with Gasteiger partial charge in [0, 0.05) is 30.7 Å². The van der Waals surface area contributed by atoms with E-state index in [-0.39, 0.29) is 40.1 Å². The minimum atomic E-state index is -4.15. The average molecular weight is 525 g/mol. The van der Waals surface area contributed by atoms with E-state index in [9.17, 15) is 18.0 Å². The van der Waals surface area contributed by atoms with Crippen molar-refractivity contribution in [2.75, 3.05) is 13.1 Å². The van der Waals surface area contributed by atoms with Gasteiger partial charge in [-0.05, 0) is 56.0 Å². The molecule has 1 heterocycles. The number of sulfonamides is 1. The van der Waals surface area contributed by atoms with Gasteiger partial charge in [-0.15, -0.1) is 0 Å². The van der Waals surface area contributed by atoms with E-state index >= 15 is 0 Å². The Balaban J connectivity index is 1.66. The van der Waals surface area contributed by atoms with Crippen LogP contribution in [0.15, 0.2) is 53.4 Å². The number of nitrogens with one attached hydrogen (secondary N) is 1. The summed E-state index contributed by atoms with van der Waals surface area (Å²) in [5, 5.41) is 3.25. The fraction of sp³-hybridized carbons (Fsp3) is 0.391. The van der Waals surface area contributed by atoms with E-state index < -0.39 is 28.0 Å². The van der Waals surface area contributed by atoms with Crippen molar-refractivity contribution in [3.63, 3.8) is 0 Å². The third kappa shape index (κ3) is 5.08. The summed E-state index contributed by atoms with van der Waals surface area (Å²) in [6, 6.07) is 12.4. The first-order valence-corrected chi connectivity index (χ1v) is 13.3. The van der Waals surface area contributed by atoms with Crippen LogP contribution in [-0.2, 0) is 14.8 Å². The number of nitrogens with two attached hydrogens (primary N) is 1. The number of carbonyl (C=O) groups is 2. The molecular formula is C23H26Cl2N4O4S. The smallest absolute Gasteiger partial charge is 0.259 e. The van der Waals surface area contributed by atoms with Gasteiger partial charge >= 0.3 is 0 Å². The largest absolute Gasteiger partial charge is 0.350 e. The summed E-state index contributed by atoms with van der Waals surface area (Å²) in [5.41, 5.74) is 6.34. The predicted octanol–water partition coefficient (Wildman–Crippen LogP) is 2.85. The Bertz CT molecular complexity index is 1170. The Labute approximate surface area is 209 Å². The SMILES string of the molecule is NC1CCC(NC(=O)C2N(C(=O)c3ccccc3)CCN2S(=O)(=O)c2ccc(Cl)c(Cl)c2)CC1.